The van der Waals surface area contributed by atoms with Crippen LogP contribution in [-0.4, -0.2) is 58.5 Å². The van der Waals surface area contributed by atoms with Crippen LogP contribution in [-0.2, 0) is 0 Å². The molecule has 30 heavy (non-hydrogen) atoms. The summed E-state index contributed by atoms with van der Waals surface area (Å²) in [6.07, 6.45) is 5.72. The van der Waals surface area contributed by atoms with Gasteiger partial charge in [0.2, 0.25) is 0 Å². The number of anilines is 1. The lowest BCUT2D eigenvalue weighted by atomic mass is 10.1. The number of H-pyrrole nitrogens is 1. The van der Waals surface area contributed by atoms with Gasteiger partial charge in [-0.05, 0) is 43.2 Å². The van der Waals surface area contributed by atoms with E-state index in [9.17, 15) is 4.79 Å². The Balaban J connectivity index is 1.35. The van der Waals surface area contributed by atoms with E-state index in [1.807, 2.05) is 23.2 Å². The molecule has 2 aliphatic rings. The summed E-state index contributed by atoms with van der Waals surface area (Å²) in [6.45, 7) is 3.03. The molecule has 3 heterocycles. The second-order valence-electron chi connectivity index (χ2n) is 8.06. The van der Waals surface area contributed by atoms with Gasteiger partial charge in [0, 0.05) is 43.4 Å². The summed E-state index contributed by atoms with van der Waals surface area (Å²) in [7, 11) is 0. The summed E-state index contributed by atoms with van der Waals surface area (Å²) in [4.78, 5) is 29.5. The number of hydrogen-bond donors (Lipinski definition) is 1. The molecule has 1 N–H and O–H groups in total. The minimum absolute atomic E-state index is 0.00474. The maximum Gasteiger partial charge on any atom is 0.253 e. The Labute approximate surface area is 174 Å². The van der Waals surface area contributed by atoms with Gasteiger partial charge in [0.05, 0.1) is 5.39 Å². The molecule has 1 saturated carbocycles. The molecule has 152 valence electrons. The zero-order chi connectivity index (χ0) is 20.6. The summed E-state index contributed by atoms with van der Waals surface area (Å²) in [5, 5.41) is 9.64. The lowest BCUT2D eigenvalue weighted by Gasteiger charge is -2.25. The number of nitrogens with one attached hydrogen (secondary N) is 1. The van der Waals surface area contributed by atoms with Crippen LogP contribution in [0.15, 0.2) is 42.9 Å². The molecule has 1 aliphatic heterocycles. The fraction of sp³-hybridized carbons (Fsp3) is 0.364. The third-order valence-electron chi connectivity index (χ3n) is 5.97. The highest BCUT2D eigenvalue weighted by Gasteiger charge is 2.48. The van der Waals surface area contributed by atoms with E-state index in [-0.39, 0.29) is 17.9 Å². The van der Waals surface area contributed by atoms with E-state index < -0.39 is 0 Å². The number of carbonyl (C=O) groups excluding carboxylic acids is 1. The van der Waals surface area contributed by atoms with E-state index >= 15 is 0 Å². The minimum Gasteiger partial charge on any atom is -0.479 e. The van der Waals surface area contributed by atoms with E-state index in [2.05, 4.69) is 19.9 Å². The van der Waals surface area contributed by atoms with Crippen molar-refractivity contribution in [2.45, 2.75) is 12.8 Å². The van der Waals surface area contributed by atoms with Gasteiger partial charge in [-0.2, -0.15) is 5.26 Å². The van der Waals surface area contributed by atoms with Crippen LogP contribution in [0.4, 0.5) is 5.82 Å². The normalized spacial score (nSPS) is 17.6. The molecule has 5 rings (SSSR count). The van der Waals surface area contributed by atoms with Crippen molar-refractivity contribution >= 4 is 22.8 Å². The van der Waals surface area contributed by atoms with Crippen molar-refractivity contribution < 1.29 is 9.53 Å². The van der Waals surface area contributed by atoms with Crippen molar-refractivity contribution in [3.8, 4) is 11.8 Å². The molecular weight excluding hydrogens is 380 g/mol. The summed E-state index contributed by atoms with van der Waals surface area (Å²) in [5.41, 5.74) is 1.61. The average molecular weight is 402 g/mol. The molecule has 8 heteroatoms. The van der Waals surface area contributed by atoms with Crippen LogP contribution in [0.1, 0.15) is 23.2 Å². The number of carbonyl (C=O) groups is 1. The largest absolute Gasteiger partial charge is 0.479 e. The van der Waals surface area contributed by atoms with Crippen LogP contribution < -0.4 is 9.64 Å². The monoisotopic (exact) mass is 402 g/mol. The first-order chi connectivity index (χ1) is 14.7. The summed E-state index contributed by atoms with van der Waals surface area (Å²) in [5.74, 6) is 1.55. The Kier molecular flexibility index (Phi) is 4.51. The number of ether oxygens (including phenoxy) is 1. The molecule has 0 atom stereocenters. The second kappa shape index (κ2) is 7.34. The lowest BCUT2D eigenvalue weighted by molar-refractivity contribution is 0.0741. The predicted molar refractivity (Wildman–Crippen MR) is 111 cm³/mol. The van der Waals surface area contributed by atoms with Crippen LogP contribution in [0.2, 0.25) is 0 Å². The molecule has 0 radical (unpaired) electrons. The van der Waals surface area contributed by atoms with Crippen molar-refractivity contribution in [2.75, 3.05) is 37.7 Å². The van der Waals surface area contributed by atoms with Crippen LogP contribution in [0.25, 0.3) is 11.0 Å². The average Bonchev–Trinajstić information content (AvgIpc) is 3.42. The fourth-order valence-electron chi connectivity index (χ4n) is 4.21. The smallest absolute Gasteiger partial charge is 0.253 e. The van der Waals surface area contributed by atoms with Gasteiger partial charge < -0.3 is 19.5 Å². The molecule has 0 unspecified atom stereocenters. The van der Waals surface area contributed by atoms with Crippen molar-refractivity contribution in [1.29, 1.82) is 5.26 Å². The van der Waals surface area contributed by atoms with E-state index in [0.717, 1.165) is 49.3 Å². The van der Waals surface area contributed by atoms with Crippen LogP contribution in [0.3, 0.4) is 0 Å². The molecule has 1 saturated heterocycles. The Hall–Kier alpha value is -3.60. The van der Waals surface area contributed by atoms with Crippen LogP contribution in [0.5, 0.6) is 5.75 Å². The Morgan fingerprint density at radius 3 is 2.77 bits per heavy atom. The first-order valence-corrected chi connectivity index (χ1v) is 10.1. The number of benzene rings is 1. The Morgan fingerprint density at radius 2 is 2.00 bits per heavy atom. The fourth-order valence-corrected chi connectivity index (χ4v) is 4.21. The molecular formula is C22H22N6O2. The molecule has 0 bridgehead atoms. The Bertz CT molecular complexity index is 1110. The van der Waals surface area contributed by atoms with Crippen molar-refractivity contribution in [2.24, 2.45) is 5.41 Å². The quantitative estimate of drug-likeness (QED) is 0.720. The van der Waals surface area contributed by atoms with Crippen LogP contribution >= 0.6 is 0 Å². The molecule has 1 spiro atoms. The van der Waals surface area contributed by atoms with Crippen molar-refractivity contribution in [3.05, 3.63) is 48.4 Å². The van der Waals surface area contributed by atoms with E-state index in [4.69, 9.17) is 10.00 Å². The zero-order valence-electron chi connectivity index (χ0n) is 16.5. The number of amides is 1. The Morgan fingerprint density at radius 1 is 1.17 bits per heavy atom. The number of nitriles is 1. The van der Waals surface area contributed by atoms with Gasteiger partial charge in [-0.25, -0.2) is 9.97 Å². The summed E-state index contributed by atoms with van der Waals surface area (Å²) < 4.78 is 5.28. The maximum atomic E-state index is 13.2. The van der Waals surface area contributed by atoms with Gasteiger partial charge in [-0.15, -0.1) is 0 Å². The molecule has 2 aromatic heterocycles. The number of aromatic nitrogens is 3. The molecule has 8 nitrogen and oxygen atoms in total. The topological polar surface area (TPSA) is 98.1 Å². The third kappa shape index (κ3) is 3.43. The third-order valence-corrected chi connectivity index (χ3v) is 5.97. The van der Waals surface area contributed by atoms with E-state index in [1.54, 1.807) is 30.6 Å². The molecule has 2 fully saturated rings. The SMILES string of the molecule is N#CCOc1ccc(C(=O)N2CCN(c3ncnc4[nH]ccc34)CC3(CC3)C2)cc1. The molecule has 1 aromatic carbocycles. The number of hydrogen-bond acceptors (Lipinski definition) is 6. The predicted octanol–water partition coefficient (Wildman–Crippen LogP) is 2.60. The highest BCUT2D eigenvalue weighted by Crippen LogP contribution is 2.48. The zero-order valence-corrected chi connectivity index (χ0v) is 16.5. The van der Waals surface area contributed by atoms with Gasteiger partial charge in [0.1, 0.15) is 29.6 Å². The first kappa shape index (κ1) is 18.4. The van der Waals surface area contributed by atoms with E-state index in [0.29, 0.717) is 17.9 Å². The van der Waals surface area contributed by atoms with E-state index in [1.165, 1.54) is 0 Å². The number of rotatable bonds is 4. The van der Waals surface area contributed by atoms with Crippen molar-refractivity contribution in [1.82, 2.24) is 19.9 Å². The second-order valence-corrected chi connectivity index (χ2v) is 8.06. The van der Waals surface area contributed by atoms with Gasteiger partial charge in [0.25, 0.3) is 5.91 Å². The maximum absolute atomic E-state index is 13.2. The molecule has 3 aromatic rings. The minimum atomic E-state index is -0.00474. The molecule has 1 amide bonds. The van der Waals surface area contributed by atoms with Gasteiger partial charge in [-0.1, -0.05) is 0 Å². The first-order valence-electron chi connectivity index (χ1n) is 10.1. The summed E-state index contributed by atoms with van der Waals surface area (Å²) >= 11 is 0. The standard InChI is InChI=1S/C22H22N6O2/c23-8-12-30-17-3-1-16(2-4-17)21(29)28-11-10-27(13-22(14-28)6-7-22)20-18-5-9-24-19(18)25-15-26-20/h1-5,9,15H,6-7,10-14H2,(H,24,25,26). The highest BCUT2D eigenvalue weighted by molar-refractivity contribution is 5.94. The number of aromatic amines is 1. The number of fused-ring (bicyclic) bond motifs is 1. The lowest BCUT2D eigenvalue weighted by Crippen LogP contribution is -2.36. The summed E-state index contributed by atoms with van der Waals surface area (Å²) in [6, 6.07) is 11.0. The van der Waals surface area contributed by atoms with Gasteiger partial charge >= 0.3 is 0 Å². The van der Waals surface area contributed by atoms with Gasteiger partial charge in [0.15, 0.2) is 6.61 Å². The number of nitrogens with zero attached hydrogens (tertiary/aromatic N) is 5. The molecule has 1 aliphatic carbocycles. The highest BCUT2D eigenvalue weighted by atomic mass is 16.5. The van der Waals surface area contributed by atoms with Gasteiger partial charge in [-0.3, -0.25) is 4.79 Å². The van der Waals surface area contributed by atoms with Crippen LogP contribution in [0, 0.1) is 16.7 Å². The van der Waals surface area contributed by atoms with Crippen molar-refractivity contribution in [3.63, 3.8) is 0 Å².